The van der Waals surface area contributed by atoms with E-state index < -0.39 is 0 Å². The minimum absolute atomic E-state index is 0.320. The Morgan fingerprint density at radius 1 is 1.24 bits per heavy atom. The first-order valence-electron chi connectivity index (χ1n) is 7.81. The van der Waals surface area contributed by atoms with Crippen LogP contribution < -0.4 is 5.32 Å². The molecule has 0 spiro atoms. The maximum absolute atomic E-state index is 6.34. The second-order valence-corrected chi connectivity index (χ2v) is 6.07. The van der Waals surface area contributed by atoms with E-state index in [1.807, 2.05) is 12.1 Å². The maximum atomic E-state index is 6.34. The van der Waals surface area contributed by atoms with Crippen LogP contribution in [-0.4, -0.2) is 19.3 Å². The molecule has 3 heteroatoms. The molecule has 2 unspecified atom stereocenters. The van der Waals surface area contributed by atoms with E-state index in [-0.39, 0.29) is 0 Å². The number of rotatable bonds is 5. The van der Waals surface area contributed by atoms with Crippen molar-refractivity contribution in [1.82, 2.24) is 5.32 Å². The van der Waals surface area contributed by atoms with Gasteiger partial charge in [0.1, 0.15) is 0 Å². The van der Waals surface area contributed by atoms with Crippen LogP contribution in [0.5, 0.6) is 0 Å². The van der Waals surface area contributed by atoms with E-state index in [0.717, 1.165) is 30.0 Å². The van der Waals surface area contributed by atoms with Crippen molar-refractivity contribution in [2.45, 2.75) is 38.3 Å². The van der Waals surface area contributed by atoms with Crippen LogP contribution in [0.3, 0.4) is 0 Å². The van der Waals surface area contributed by atoms with Crippen molar-refractivity contribution >= 4 is 22.4 Å². The predicted octanol–water partition coefficient (Wildman–Crippen LogP) is 4.71. The summed E-state index contributed by atoms with van der Waals surface area (Å²) in [5.41, 5.74) is 1.33. The molecule has 2 nitrogen and oxygen atoms in total. The molecule has 1 fully saturated rings. The van der Waals surface area contributed by atoms with Gasteiger partial charge in [-0.3, -0.25) is 0 Å². The Labute approximate surface area is 131 Å². The average molecular weight is 304 g/mol. The molecule has 1 aliphatic heterocycles. The van der Waals surface area contributed by atoms with E-state index in [2.05, 4.69) is 36.5 Å². The highest BCUT2D eigenvalue weighted by atomic mass is 35.5. The van der Waals surface area contributed by atoms with Crippen molar-refractivity contribution in [3.05, 3.63) is 47.0 Å². The van der Waals surface area contributed by atoms with Crippen molar-refractivity contribution in [1.29, 1.82) is 0 Å². The highest BCUT2D eigenvalue weighted by molar-refractivity contribution is 6.35. The summed E-state index contributed by atoms with van der Waals surface area (Å²) in [5.74, 6) is 0. The summed E-state index contributed by atoms with van der Waals surface area (Å²) >= 11 is 6.34. The van der Waals surface area contributed by atoms with Gasteiger partial charge in [0.05, 0.1) is 6.10 Å². The standard InChI is InChI=1S/C18H22ClNO/c1-2-20-18(12-13-6-5-11-21-13)16-9-10-17(19)15-8-4-3-7-14(15)16/h3-4,7-10,13,18,20H,2,5-6,11-12H2,1H3. The van der Waals surface area contributed by atoms with Crippen LogP contribution in [0.15, 0.2) is 36.4 Å². The molecular weight excluding hydrogens is 282 g/mol. The molecule has 112 valence electrons. The zero-order valence-corrected chi connectivity index (χ0v) is 13.2. The monoisotopic (exact) mass is 303 g/mol. The summed E-state index contributed by atoms with van der Waals surface area (Å²) in [7, 11) is 0. The number of hydrogen-bond acceptors (Lipinski definition) is 2. The molecule has 1 saturated heterocycles. The van der Waals surface area contributed by atoms with E-state index in [4.69, 9.17) is 16.3 Å². The summed E-state index contributed by atoms with van der Waals surface area (Å²) in [6.07, 6.45) is 3.76. The van der Waals surface area contributed by atoms with Gasteiger partial charge in [0.25, 0.3) is 0 Å². The summed E-state index contributed by atoms with van der Waals surface area (Å²) in [5, 5.41) is 6.81. The molecule has 0 aromatic heterocycles. The highest BCUT2D eigenvalue weighted by Crippen LogP contribution is 2.33. The smallest absolute Gasteiger partial charge is 0.0594 e. The molecule has 1 N–H and O–H groups in total. The lowest BCUT2D eigenvalue weighted by molar-refractivity contribution is 0.0949. The molecule has 1 heterocycles. The van der Waals surface area contributed by atoms with Crippen molar-refractivity contribution < 1.29 is 4.74 Å². The predicted molar refractivity (Wildman–Crippen MR) is 89.0 cm³/mol. The molecule has 2 atom stereocenters. The maximum Gasteiger partial charge on any atom is 0.0594 e. The summed E-state index contributed by atoms with van der Waals surface area (Å²) in [6.45, 7) is 4.01. The second-order valence-electron chi connectivity index (χ2n) is 5.66. The number of ether oxygens (including phenoxy) is 1. The lowest BCUT2D eigenvalue weighted by atomic mass is 9.94. The summed E-state index contributed by atoms with van der Waals surface area (Å²) < 4.78 is 5.82. The quantitative estimate of drug-likeness (QED) is 0.863. The zero-order chi connectivity index (χ0) is 14.7. The highest BCUT2D eigenvalue weighted by Gasteiger charge is 2.22. The van der Waals surface area contributed by atoms with E-state index in [9.17, 15) is 0 Å². The van der Waals surface area contributed by atoms with E-state index in [0.29, 0.717) is 12.1 Å². The van der Waals surface area contributed by atoms with Gasteiger partial charge in [0.15, 0.2) is 0 Å². The van der Waals surface area contributed by atoms with Crippen LogP contribution in [-0.2, 0) is 4.74 Å². The lowest BCUT2D eigenvalue weighted by Crippen LogP contribution is -2.25. The van der Waals surface area contributed by atoms with E-state index in [1.54, 1.807) is 0 Å². The van der Waals surface area contributed by atoms with Gasteiger partial charge in [0, 0.05) is 23.1 Å². The van der Waals surface area contributed by atoms with Crippen LogP contribution >= 0.6 is 11.6 Å². The first-order chi connectivity index (χ1) is 10.3. The van der Waals surface area contributed by atoms with Gasteiger partial charge in [-0.1, -0.05) is 48.9 Å². The van der Waals surface area contributed by atoms with Crippen LogP contribution in [0, 0.1) is 0 Å². The van der Waals surface area contributed by atoms with Gasteiger partial charge in [-0.2, -0.15) is 0 Å². The largest absolute Gasteiger partial charge is 0.378 e. The Morgan fingerprint density at radius 2 is 2.05 bits per heavy atom. The fourth-order valence-corrected chi connectivity index (χ4v) is 3.48. The van der Waals surface area contributed by atoms with E-state index in [1.165, 1.54) is 23.8 Å². The normalized spacial score (nSPS) is 20.0. The third-order valence-corrected chi connectivity index (χ3v) is 4.58. The third kappa shape index (κ3) is 3.23. The van der Waals surface area contributed by atoms with Gasteiger partial charge in [-0.15, -0.1) is 0 Å². The topological polar surface area (TPSA) is 21.3 Å². The lowest BCUT2D eigenvalue weighted by Gasteiger charge is -2.23. The SMILES string of the molecule is CCNC(CC1CCCO1)c1ccc(Cl)c2ccccc12. The van der Waals surface area contributed by atoms with Crippen LogP contribution in [0.25, 0.3) is 10.8 Å². The summed E-state index contributed by atoms with van der Waals surface area (Å²) in [6, 6.07) is 12.9. The molecule has 21 heavy (non-hydrogen) atoms. The molecule has 0 radical (unpaired) electrons. The van der Waals surface area contributed by atoms with Gasteiger partial charge >= 0.3 is 0 Å². The van der Waals surface area contributed by atoms with Crippen molar-refractivity contribution in [2.75, 3.05) is 13.2 Å². The van der Waals surface area contributed by atoms with Crippen LogP contribution in [0.1, 0.15) is 37.8 Å². The third-order valence-electron chi connectivity index (χ3n) is 4.25. The number of nitrogens with one attached hydrogen (secondary N) is 1. The average Bonchev–Trinajstić information content (AvgIpc) is 3.01. The Hall–Kier alpha value is -1.09. The van der Waals surface area contributed by atoms with Gasteiger partial charge in [-0.25, -0.2) is 0 Å². The fraction of sp³-hybridized carbons (Fsp3) is 0.444. The zero-order valence-electron chi connectivity index (χ0n) is 12.4. The fourth-order valence-electron chi connectivity index (χ4n) is 3.25. The number of hydrogen-bond donors (Lipinski definition) is 1. The molecule has 0 amide bonds. The van der Waals surface area contributed by atoms with Crippen LogP contribution in [0.4, 0.5) is 0 Å². The Morgan fingerprint density at radius 3 is 2.76 bits per heavy atom. The van der Waals surface area contributed by atoms with Crippen LogP contribution in [0.2, 0.25) is 5.02 Å². The molecule has 1 aliphatic rings. The number of halogens is 1. The Kier molecular flexibility index (Phi) is 4.79. The van der Waals surface area contributed by atoms with Crippen molar-refractivity contribution in [2.24, 2.45) is 0 Å². The second kappa shape index (κ2) is 6.78. The molecule has 0 bridgehead atoms. The minimum atomic E-state index is 0.320. The van der Waals surface area contributed by atoms with Gasteiger partial charge in [0.2, 0.25) is 0 Å². The molecule has 0 saturated carbocycles. The molecular formula is C18H22ClNO. The molecule has 3 rings (SSSR count). The number of benzene rings is 2. The molecule has 2 aromatic rings. The van der Waals surface area contributed by atoms with Crippen molar-refractivity contribution in [3.8, 4) is 0 Å². The van der Waals surface area contributed by atoms with E-state index >= 15 is 0 Å². The molecule has 2 aromatic carbocycles. The molecule has 0 aliphatic carbocycles. The first-order valence-corrected chi connectivity index (χ1v) is 8.19. The Bertz CT molecular complexity index is 607. The summed E-state index contributed by atoms with van der Waals surface area (Å²) in [4.78, 5) is 0. The minimum Gasteiger partial charge on any atom is -0.378 e. The Balaban J connectivity index is 1.96. The van der Waals surface area contributed by atoms with Crippen molar-refractivity contribution in [3.63, 3.8) is 0 Å². The first kappa shape index (κ1) is 14.8. The number of fused-ring (bicyclic) bond motifs is 1. The van der Waals surface area contributed by atoms with Gasteiger partial charge < -0.3 is 10.1 Å². The van der Waals surface area contributed by atoms with Gasteiger partial charge in [-0.05, 0) is 42.8 Å².